The van der Waals surface area contributed by atoms with Gasteiger partial charge in [-0.2, -0.15) is 9.97 Å². The lowest BCUT2D eigenvalue weighted by molar-refractivity contribution is 0.304. The lowest BCUT2D eigenvalue weighted by atomic mass is 10.3. The number of nitrogens with zero attached hydrogens (tertiary/aromatic N) is 3. The second kappa shape index (κ2) is 7.28. The largest absolute Gasteiger partial charge is 0.464 e. The minimum absolute atomic E-state index is 0.0913. The van der Waals surface area contributed by atoms with Gasteiger partial charge >= 0.3 is 12.0 Å². The van der Waals surface area contributed by atoms with Crippen LogP contribution in [0, 0.1) is 0 Å². The summed E-state index contributed by atoms with van der Waals surface area (Å²) in [5.74, 6) is 0.771. The van der Waals surface area contributed by atoms with Gasteiger partial charge in [0.1, 0.15) is 5.75 Å². The van der Waals surface area contributed by atoms with E-state index >= 15 is 0 Å². The maximum absolute atomic E-state index is 6.05. The highest BCUT2D eigenvalue weighted by atomic mass is 35.5. The van der Waals surface area contributed by atoms with E-state index in [1.54, 1.807) is 18.2 Å². The van der Waals surface area contributed by atoms with Crippen molar-refractivity contribution in [2.45, 2.75) is 13.8 Å². The van der Waals surface area contributed by atoms with Crippen LogP contribution in [0.4, 0.5) is 5.95 Å². The fourth-order valence-corrected chi connectivity index (χ4v) is 1.92. The van der Waals surface area contributed by atoms with E-state index in [0.717, 1.165) is 0 Å². The van der Waals surface area contributed by atoms with Gasteiger partial charge < -0.3 is 14.8 Å². The number of hydrogen-bond donors (Lipinski definition) is 1. The van der Waals surface area contributed by atoms with Crippen molar-refractivity contribution in [2.24, 2.45) is 0 Å². The molecule has 6 nitrogen and oxygen atoms in total. The average molecular weight is 329 g/mol. The quantitative estimate of drug-likeness (QED) is 0.869. The van der Waals surface area contributed by atoms with Crippen LogP contribution in [0.2, 0.25) is 10.0 Å². The first kappa shape index (κ1) is 15.6. The Bertz CT molecular complexity index is 601. The Morgan fingerprint density at radius 3 is 2.52 bits per heavy atom. The fraction of sp³-hybridized carbons (Fsp3) is 0.308. The molecule has 0 aliphatic rings. The molecule has 21 heavy (non-hydrogen) atoms. The zero-order chi connectivity index (χ0) is 15.2. The summed E-state index contributed by atoms with van der Waals surface area (Å²) in [6.45, 7) is 4.88. The molecule has 0 saturated carbocycles. The van der Waals surface area contributed by atoms with E-state index in [2.05, 4.69) is 20.3 Å². The highest BCUT2D eigenvalue weighted by molar-refractivity contribution is 6.35. The number of halogens is 2. The lowest BCUT2D eigenvalue weighted by Gasteiger charge is -2.09. The van der Waals surface area contributed by atoms with Crippen molar-refractivity contribution in [2.75, 3.05) is 18.5 Å². The molecule has 0 aliphatic carbocycles. The first-order valence-corrected chi connectivity index (χ1v) is 7.13. The van der Waals surface area contributed by atoms with Gasteiger partial charge in [-0.15, -0.1) is 4.98 Å². The lowest BCUT2D eigenvalue weighted by Crippen LogP contribution is -2.07. The standard InChI is InChI=1S/C13H14Cl2N4O2/c1-3-16-11-17-12(20-4-2)19-13(18-11)21-10-6-5-8(14)7-9(10)15/h5-7H,3-4H2,1-2H3,(H,16,17,18,19). The third kappa shape index (κ3) is 4.34. The van der Waals surface area contributed by atoms with E-state index in [0.29, 0.717) is 34.9 Å². The Morgan fingerprint density at radius 2 is 1.86 bits per heavy atom. The summed E-state index contributed by atoms with van der Waals surface area (Å²) < 4.78 is 10.8. The number of rotatable bonds is 6. The van der Waals surface area contributed by atoms with E-state index in [1.807, 2.05) is 13.8 Å². The second-order valence-corrected chi connectivity index (χ2v) is 4.71. The third-order valence-electron chi connectivity index (χ3n) is 2.30. The summed E-state index contributed by atoms with van der Waals surface area (Å²) in [6.07, 6.45) is 0. The van der Waals surface area contributed by atoms with Gasteiger partial charge in [0.2, 0.25) is 5.95 Å². The smallest absolute Gasteiger partial charge is 0.330 e. The van der Waals surface area contributed by atoms with Crippen LogP contribution in [0.5, 0.6) is 17.8 Å². The minimum Gasteiger partial charge on any atom is -0.464 e. The maximum Gasteiger partial charge on any atom is 0.330 e. The summed E-state index contributed by atoms with van der Waals surface area (Å²) in [6, 6.07) is 5.16. The van der Waals surface area contributed by atoms with E-state index < -0.39 is 0 Å². The molecule has 1 N–H and O–H groups in total. The number of ether oxygens (including phenoxy) is 2. The van der Waals surface area contributed by atoms with Gasteiger partial charge in [-0.05, 0) is 32.0 Å². The van der Waals surface area contributed by atoms with Gasteiger partial charge in [-0.3, -0.25) is 0 Å². The van der Waals surface area contributed by atoms with Crippen molar-refractivity contribution in [3.05, 3.63) is 28.2 Å². The maximum atomic E-state index is 6.05. The van der Waals surface area contributed by atoms with Crippen molar-refractivity contribution >= 4 is 29.2 Å². The number of anilines is 1. The molecule has 0 unspecified atom stereocenters. The SMILES string of the molecule is CCNc1nc(OCC)nc(Oc2ccc(Cl)cc2Cl)n1. The van der Waals surface area contributed by atoms with Crippen molar-refractivity contribution in [1.82, 2.24) is 15.0 Å². The summed E-state index contributed by atoms with van der Waals surface area (Å²) in [5, 5.41) is 3.87. The van der Waals surface area contributed by atoms with E-state index in [4.69, 9.17) is 32.7 Å². The Hall–Kier alpha value is -1.79. The number of hydrogen-bond acceptors (Lipinski definition) is 6. The van der Waals surface area contributed by atoms with E-state index in [-0.39, 0.29) is 12.0 Å². The van der Waals surface area contributed by atoms with E-state index in [1.165, 1.54) is 0 Å². The molecular weight excluding hydrogens is 315 g/mol. The van der Waals surface area contributed by atoms with Crippen LogP contribution in [-0.4, -0.2) is 28.1 Å². The Kier molecular flexibility index (Phi) is 5.41. The molecule has 0 spiro atoms. The van der Waals surface area contributed by atoms with Gasteiger partial charge in [0.05, 0.1) is 11.6 Å². The molecule has 0 radical (unpaired) electrons. The van der Waals surface area contributed by atoms with Crippen molar-refractivity contribution in [3.63, 3.8) is 0 Å². The monoisotopic (exact) mass is 328 g/mol. The molecule has 2 rings (SSSR count). The molecule has 0 bridgehead atoms. The molecule has 0 amide bonds. The van der Waals surface area contributed by atoms with Gasteiger partial charge in [-0.25, -0.2) is 0 Å². The first-order valence-electron chi connectivity index (χ1n) is 6.38. The molecular formula is C13H14Cl2N4O2. The third-order valence-corrected chi connectivity index (χ3v) is 2.83. The number of benzene rings is 1. The van der Waals surface area contributed by atoms with Crippen LogP contribution >= 0.6 is 23.2 Å². The zero-order valence-corrected chi connectivity index (χ0v) is 13.1. The summed E-state index contributed by atoms with van der Waals surface area (Å²) >= 11 is 11.9. The molecule has 8 heteroatoms. The van der Waals surface area contributed by atoms with Crippen LogP contribution in [0.25, 0.3) is 0 Å². The van der Waals surface area contributed by atoms with Gasteiger partial charge in [0.15, 0.2) is 0 Å². The molecule has 0 saturated heterocycles. The predicted molar refractivity (Wildman–Crippen MR) is 81.7 cm³/mol. The van der Waals surface area contributed by atoms with Crippen LogP contribution in [0.1, 0.15) is 13.8 Å². The molecule has 0 atom stereocenters. The summed E-state index contributed by atoms with van der Waals surface area (Å²) in [4.78, 5) is 12.3. The normalized spacial score (nSPS) is 10.3. The van der Waals surface area contributed by atoms with Crippen LogP contribution < -0.4 is 14.8 Å². The second-order valence-electron chi connectivity index (χ2n) is 3.86. The molecule has 0 fully saturated rings. The molecule has 112 valence electrons. The number of aromatic nitrogens is 3. The van der Waals surface area contributed by atoms with Gasteiger partial charge in [-0.1, -0.05) is 23.2 Å². The highest BCUT2D eigenvalue weighted by Crippen LogP contribution is 2.30. The summed E-state index contributed by atoms with van der Waals surface area (Å²) in [7, 11) is 0. The first-order chi connectivity index (χ1) is 10.1. The zero-order valence-electron chi connectivity index (χ0n) is 11.6. The average Bonchev–Trinajstić information content (AvgIpc) is 2.42. The van der Waals surface area contributed by atoms with Crippen LogP contribution in [0.15, 0.2) is 18.2 Å². The minimum atomic E-state index is 0.0913. The van der Waals surface area contributed by atoms with Gasteiger partial charge in [0.25, 0.3) is 0 Å². The Labute approximate surface area is 132 Å². The number of nitrogens with one attached hydrogen (secondary N) is 1. The van der Waals surface area contributed by atoms with Crippen LogP contribution in [-0.2, 0) is 0 Å². The van der Waals surface area contributed by atoms with Crippen molar-refractivity contribution < 1.29 is 9.47 Å². The van der Waals surface area contributed by atoms with E-state index in [9.17, 15) is 0 Å². The highest BCUT2D eigenvalue weighted by Gasteiger charge is 2.11. The van der Waals surface area contributed by atoms with Crippen LogP contribution in [0.3, 0.4) is 0 Å². The predicted octanol–water partition coefficient (Wildman–Crippen LogP) is 3.80. The molecule has 0 aliphatic heterocycles. The van der Waals surface area contributed by atoms with Crippen molar-refractivity contribution in [3.8, 4) is 17.8 Å². The molecule has 1 aromatic carbocycles. The topological polar surface area (TPSA) is 69.2 Å². The van der Waals surface area contributed by atoms with Gasteiger partial charge in [0, 0.05) is 11.6 Å². The molecule has 2 aromatic rings. The van der Waals surface area contributed by atoms with Crippen molar-refractivity contribution in [1.29, 1.82) is 0 Å². The Balaban J connectivity index is 2.29. The Morgan fingerprint density at radius 1 is 1.10 bits per heavy atom. The molecule has 1 aromatic heterocycles. The fourth-order valence-electron chi connectivity index (χ4n) is 1.47. The molecule has 1 heterocycles. The summed E-state index contributed by atoms with van der Waals surface area (Å²) in [5.41, 5.74) is 0.